The summed E-state index contributed by atoms with van der Waals surface area (Å²) < 4.78 is 48.9. The number of amides is 1. The maximum atomic E-state index is 13.6. The van der Waals surface area contributed by atoms with Crippen molar-refractivity contribution in [3.63, 3.8) is 0 Å². The van der Waals surface area contributed by atoms with Crippen molar-refractivity contribution >= 4 is 26.7 Å². The zero-order valence-electron chi connectivity index (χ0n) is 15.1. The van der Waals surface area contributed by atoms with E-state index in [0.29, 0.717) is 36.1 Å². The van der Waals surface area contributed by atoms with Gasteiger partial charge in [-0.25, -0.2) is 12.8 Å². The predicted molar refractivity (Wildman–Crippen MR) is 98.0 cm³/mol. The largest absolute Gasteiger partial charge is 0.451 e. The number of furan rings is 1. The molecule has 0 aliphatic carbocycles. The minimum atomic E-state index is -3.15. The summed E-state index contributed by atoms with van der Waals surface area (Å²) in [4.78, 5) is 14.9. The molecule has 2 aromatic rings. The number of hydrogen-bond acceptors (Lipinski definition) is 5. The minimum Gasteiger partial charge on any atom is -0.451 e. The summed E-state index contributed by atoms with van der Waals surface area (Å²) in [5.41, 5.74) is 1.00. The fourth-order valence-electron chi connectivity index (χ4n) is 3.95. The molecule has 2 fully saturated rings. The summed E-state index contributed by atoms with van der Waals surface area (Å²) in [6, 6.07) is 3.73. The Bertz CT molecular complexity index is 977. The third-order valence-corrected chi connectivity index (χ3v) is 7.18. The Kier molecular flexibility index (Phi) is 4.71. The van der Waals surface area contributed by atoms with Gasteiger partial charge in [0.15, 0.2) is 15.6 Å². The Morgan fingerprint density at radius 2 is 2.15 bits per heavy atom. The Morgan fingerprint density at radius 3 is 2.81 bits per heavy atom. The fourth-order valence-corrected chi connectivity index (χ4v) is 5.68. The lowest BCUT2D eigenvalue weighted by molar-refractivity contribution is 0.0419. The van der Waals surface area contributed by atoms with E-state index in [2.05, 4.69) is 0 Å². The van der Waals surface area contributed by atoms with E-state index in [1.54, 1.807) is 11.8 Å². The van der Waals surface area contributed by atoms with Crippen LogP contribution in [0.15, 0.2) is 22.6 Å². The number of aryl methyl sites for hydroxylation is 1. The van der Waals surface area contributed by atoms with Crippen molar-refractivity contribution in [3.8, 4) is 0 Å². The van der Waals surface area contributed by atoms with E-state index in [1.165, 1.54) is 18.2 Å². The van der Waals surface area contributed by atoms with Crippen LogP contribution < -0.4 is 0 Å². The summed E-state index contributed by atoms with van der Waals surface area (Å²) in [6.45, 7) is 2.70. The summed E-state index contributed by atoms with van der Waals surface area (Å²) in [7, 11) is -3.15. The number of benzene rings is 1. The number of rotatable bonds is 4. The van der Waals surface area contributed by atoms with Gasteiger partial charge in [-0.05, 0) is 44.4 Å². The SMILES string of the molecule is Cc1c(C(=O)N(C[C@H]2CCCO2)[C@@H]2CCS(=O)(=O)C2)oc2ccc(F)cc12. The average Bonchev–Trinajstić information content (AvgIpc) is 3.33. The van der Waals surface area contributed by atoms with E-state index in [0.717, 1.165) is 12.8 Å². The Morgan fingerprint density at radius 1 is 1.33 bits per heavy atom. The van der Waals surface area contributed by atoms with E-state index < -0.39 is 21.7 Å². The molecular weight excluding hydrogens is 373 g/mol. The molecule has 0 saturated carbocycles. The number of ether oxygens (including phenoxy) is 1. The van der Waals surface area contributed by atoms with Crippen LogP contribution in [0.5, 0.6) is 0 Å². The van der Waals surface area contributed by atoms with Crippen molar-refractivity contribution in [2.75, 3.05) is 24.7 Å². The number of hydrogen-bond donors (Lipinski definition) is 0. The van der Waals surface area contributed by atoms with Gasteiger partial charge in [0, 0.05) is 30.1 Å². The van der Waals surface area contributed by atoms with E-state index in [1.807, 2.05) is 0 Å². The van der Waals surface area contributed by atoms with Crippen LogP contribution in [0, 0.1) is 12.7 Å². The van der Waals surface area contributed by atoms with Crippen LogP contribution in [0.2, 0.25) is 0 Å². The number of carbonyl (C=O) groups is 1. The molecule has 4 rings (SSSR count). The van der Waals surface area contributed by atoms with Gasteiger partial charge in [-0.2, -0.15) is 0 Å². The summed E-state index contributed by atoms with van der Waals surface area (Å²) in [6.07, 6.45) is 2.08. The molecule has 2 saturated heterocycles. The molecule has 27 heavy (non-hydrogen) atoms. The molecule has 0 bridgehead atoms. The van der Waals surface area contributed by atoms with Crippen LogP contribution in [0.4, 0.5) is 4.39 Å². The van der Waals surface area contributed by atoms with Gasteiger partial charge >= 0.3 is 0 Å². The first-order valence-electron chi connectivity index (χ1n) is 9.16. The van der Waals surface area contributed by atoms with Gasteiger partial charge in [0.1, 0.15) is 11.4 Å². The third kappa shape index (κ3) is 3.60. The van der Waals surface area contributed by atoms with Crippen LogP contribution in [0.1, 0.15) is 35.4 Å². The quantitative estimate of drug-likeness (QED) is 0.796. The highest BCUT2D eigenvalue weighted by Crippen LogP contribution is 2.29. The van der Waals surface area contributed by atoms with Crippen molar-refractivity contribution < 1.29 is 26.8 Å². The van der Waals surface area contributed by atoms with Crippen molar-refractivity contribution in [3.05, 3.63) is 35.3 Å². The number of sulfone groups is 1. The Hall–Kier alpha value is -1.93. The van der Waals surface area contributed by atoms with Crippen molar-refractivity contribution in [1.82, 2.24) is 4.90 Å². The summed E-state index contributed by atoms with van der Waals surface area (Å²) in [5.74, 6) is -0.584. The first-order valence-corrected chi connectivity index (χ1v) is 11.0. The van der Waals surface area contributed by atoms with E-state index in [4.69, 9.17) is 9.15 Å². The maximum Gasteiger partial charge on any atom is 0.290 e. The summed E-state index contributed by atoms with van der Waals surface area (Å²) in [5, 5.41) is 0.550. The van der Waals surface area contributed by atoms with Crippen molar-refractivity contribution in [1.29, 1.82) is 0 Å². The fraction of sp³-hybridized carbons (Fsp3) is 0.526. The smallest absolute Gasteiger partial charge is 0.290 e. The monoisotopic (exact) mass is 395 g/mol. The van der Waals surface area contributed by atoms with Crippen LogP contribution >= 0.6 is 0 Å². The highest BCUT2D eigenvalue weighted by Gasteiger charge is 2.38. The molecule has 0 N–H and O–H groups in total. The molecule has 1 aromatic heterocycles. The molecular formula is C19H22FNO5S. The molecule has 146 valence electrons. The Labute approximate surface area is 157 Å². The lowest BCUT2D eigenvalue weighted by atomic mass is 10.1. The number of carbonyl (C=O) groups excluding carboxylic acids is 1. The second-order valence-corrected chi connectivity index (χ2v) is 9.57. The predicted octanol–water partition coefficient (Wildman–Crippen LogP) is 2.69. The molecule has 0 unspecified atom stereocenters. The van der Waals surface area contributed by atoms with Gasteiger partial charge in [-0.15, -0.1) is 0 Å². The maximum absolute atomic E-state index is 13.6. The summed E-state index contributed by atoms with van der Waals surface area (Å²) >= 11 is 0. The average molecular weight is 395 g/mol. The second kappa shape index (κ2) is 6.91. The molecule has 6 nitrogen and oxygen atoms in total. The van der Waals surface area contributed by atoms with Crippen LogP contribution in [0.25, 0.3) is 11.0 Å². The first-order chi connectivity index (χ1) is 12.8. The lowest BCUT2D eigenvalue weighted by Gasteiger charge is -2.30. The highest BCUT2D eigenvalue weighted by atomic mass is 32.2. The molecule has 0 spiro atoms. The van der Waals surface area contributed by atoms with Crippen molar-refractivity contribution in [2.45, 2.75) is 38.3 Å². The van der Waals surface area contributed by atoms with Gasteiger partial charge in [-0.1, -0.05) is 0 Å². The molecule has 0 radical (unpaired) electrons. The molecule has 2 aliphatic rings. The zero-order valence-corrected chi connectivity index (χ0v) is 15.9. The normalized spacial score (nSPS) is 24.5. The van der Waals surface area contributed by atoms with Gasteiger partial charge in [0.25, 0.3) is 5.91 Å². The van der Waals surface area contributed by atoms with E-state index in [-0.39, 0.29) is 29.3 Å². The number of nitrogens with zero attached hydrogens (tertiary/aromatic N) is 1. The van der Waals surface area contributed by atoms with Gasteiger partial charge in [0.05, 0.1) is 17.6 Å². The molecule has 8 heteroatoms. The first kappa shape index (κ1) is 18.4. The molecule has 2 atom stereocenters. The minimum absolute atomic E-state index is 0.0423. The van der Waals surface area contributed by atoms with Crippen LogP contribution in [-0.2, 0) is 14.6 Å². The zero-order chi connectivity index (χ0) is 19.2. The molecule has 1 amide bonds. The standard InChI is InChI=1S/C19H22FNO5S/c1-12-16-9-13(20)4-5-17(16)26-18(12)19(22)21(10-15-3-2-7-25-15)14-6-8-27(23,24)11-14/h4-5,9,14-15H,2-3,6-8,10-11H2,1H3/t14-,15-/m1/s1. The third-order valence-electron chi connectivity index (χ3n) is 5.43. The van der Waals surface area contributed by atoms with E-state index >= 15 is 0 Å². The van der Waals surface area contributed by atoms with Crippen LogP contribution in [-0.4, -0.2) is 56.0 Å². The van der Waals surface area contributed by atoms with Crippen molar-refractivity contribution in [2.24, 2.45) is 0 Å². The second-order valence-electron chi connectivity index (χ2n) is 7.35. The highest BCUT2D eigenvalue weighted by molar-refractivity contribution is 7.91. The molecule has 1 aromatic carbocycles. The Balaban J connectivity index is 1.68. The van der Waals surface area contributed by atoms with Gasteiger partial charge in [-0.3, -0.25) is 4.79 Å². The van der Waals surface area contributed by atoms with Gasteiger partial charge < -0.3 is 14.1 Å². The number of fused-ring (bicyclic) bond motifs is 1. The topological polar surface area (TPSA) is 76.8 Å². The number of halogens is 1. The van der Waals surface area contributed by atoms with E-state index in [9.17, 15) is 17.6 Å². The van der Waals surface area contributed by atoms with Crippen LogP contribution in [0.3, 0.4) is 0 Å². The molecule has 2 aliphatic heterocycles. The molecule has 3 heterocycles. The van der Waals surface area contributed by atoms with Gasteiger partial charge in [0.2, 0.25) is 0 Å². The lowest BCUT2D eigenvalue weighted by Crippen LogP contribution is -2.45.